The molecule has 0 bridgehead atoms. The zero-order chi connectivity index (χ0) is 27.4. The lowest BCUT2D eigenvalue weighted by Crippen LogP contribution is -2.35. The van der Waals surface area contributed by atoms with Crippen LogP contribution < -0.4 is 10.2 Å². The molecule has 0 spiro atoms. The molecule has 0 aromatic heterocycles. The van der Waals surface area contributed by atoms with Gasteiger partial charge in [0.15, 0.2) is 0 Å². The molecule has 0 fully saturated rings. The molecule has 38 heavy (non-hydrogen) atoms. The first-order chi connectivity index (χ1) is 18.1. The topological polar surface area (TPSA) is 102 Å². The van der Waals surface area contributed by atoms with Gasteiger partial charge in [-0.3, -0.25) is 19.4 Å². The second-order valence-corrected chi connectivity index (χ2v) is 9.41. The smallest absolute Gasteiger partial charge is 0.307 e. The molecule has 1 atom stereocenters. The fourth-order valence-corrected chi connectivity index (χ4v) is 4.38. The van der Waals surface area contributed by atoms with Crippen LogP contribution in [0.25, 0.3) is 0 Å². The second kappa shape index (κ2) is 11.4. The van der Waals surface area contributed by atoms with Gasteiger partial charge in [-0.15, -0.1) is 0 Å². The number of fused-ring (bicyclic) bond motifs is 1. The first-order valence-electron chi connectivity index (χ1n) is 12.2. The average molecular weight is 517 g/mol. The summed E-state index contributed by atoms with van der Waals surface area (Å²) in [4.78, 5) is 44.9. The molecule has 0 saturated carbocycles. The van der Waals surface area contributed by atoms with Crippen LogP contribution in [0.4, 0.5) is 21.5 Å². The normalized spacial score (nSPS) is 14.8. The van der Waals surface area contributed by atoms with Crippen LogP contribution in [0.2, 0.25) is 0 Å². The summed E-state index contributed by atoms with van der Waals surface area (Å²) in [6.45, 7) is 2.76. The maximum atomic E-state index is 13.8. The van der Waals surface area contributed by atoms with Crippen molar-refractivity contribution in [2.75, 3.05) is 37.4 Å². The molecule has 0 saturated heterocycles. The van der Waals surface area contributed by atoms with Gasteiger partial charge in [0.1, 0.15) is 11.7 Å². The molecule has 8 nitrogen and oxygen atoms in total. The number of carbonyl (C=O) groups excluding carboxylic acids is 2. The van der Waals surface area contributed by atoms with E-state index in [9.17, 15) is 18.8 Å². The minimum atomic E-state index is -0.942. The van der Waals surface area contributed by atoms with Crippen molar-refractivity contribution in [1.29, 1.82) is 0 Å². The Kier molecular flexibility index (Phi) is 7.97. The summed E-state index contributed by atoms with van der Waals surface area (Å²) in [5, 5.41) is 11.8. The van der Waals surface area contributed by atoms with E-state index in [2.05, 4.69) is 5.32 Å². The highest BCUT2D eigenvalue weighted by Crippen LogP contribution is 2.37. The molecule has 3 aromatic rings. The first kappa shape index (κ1) is 26.7. The predicted molar refractivity (Wildman–Crippen MR) is 145 cm³/mol. The van der Waals surface area contributed by atoms with Crippen LogP contribution in [0.15, 0.2) is 71.7 Å². The Morgan fingerprint density at radius 1 is 1.00 bits per heavy atom. The number of likely N-dealkylation sites (N-methyl/N-ethyl adjacent to an activating group) is 1. The predicted octanol–water partition coefficient (Wildman–Crippen LogP) is 4.22. The standard InChI is InChI=1S/C29H29FN4O4/c1-18(35)34(15-14-33(2)3)23-11-9-22(10-12-23)31-28(20-6-4-19(5-7-20)16-26(36)37)27-24-13-8-21(30)17-25(24)32-29(27)38/h4-13,17,27H,14-16H2,1-3H3,(H,32,38)(H,36,37). The third-order valence-electron chi connectivity index (χ3n) is 6.29. The van der Waals surface area contributed by atoms with Crippen molar-refractivity contribution in [3.8, 4) is 0 Å². The summed E-state index contributed by atoms with van der Waals surface area (Å²) in [5.41, 5.74) is 3.99. The van der Waals surface area contributed by atoms with Crippen LogP contribution in [-0.4, -0.2) is 60.7 Å². The van der Waals surface area contributed by atoms with Crippen LogP contribution in [0.5, 0.6) is 0 Å². The van der Waals surface area contributed by atoms with Crippen molar-refractivity contribution in [1.82, 2.24) is 4.90 Å². The number of aliphatic carboxylic acids is 1. The molecule has 3 aromatic carbocycles. The van der Waals surface area contributed by atoms with E-state index >= 15 is 0 Å². The van der Waals surface area contributed by atoms with E-state index < -0.39 is 17.7 Å². The summed E-state index contributed by atoms with van der Waals surface area (Å²) < 4.78 is 13.8. The number of anilines is 2. The minimum Gasteiger partial charge on any atom is -0.481 e. The maximum Gasteiger partial charge on any atom is 0.307 e. The first-order valence-corrected chi connectivity index (χ1v) is 12.2. The van der Waals surface area contributed by atoms with Gasteiger partial charge < -0.3 is 20.2 Å². The van der Waals surface area contributed by atoms with Crippen molar-refractivity contribution in [3.05, 3.63) is 89.2 Å². The van der Waals surface area contributed by atoms with Gasteiger partial charge >= 0.3 is 5.97 Å². The summed E-state index contributed by atoms with van der Waals surface area (Å²) in [7, 11) is 3.88. The molecule has 2 amide bonds. The maximum absolute atomic E-state index is 13.8. The van der Waals surface area contributed by atoms with E-state index in [0.717, 1.165) is 5.69 Å². The highest BCUT2D eigenvalue weighted by molar-refractivity contribution is 6.24. The number of hydrogen-bond donors (Lipinski definition) is 2. The number of aliphatic imine (C=N–C) groups is 1. The molecule has 1 aliphatic heterocycles. The van der Waals surface area contributed by atoms with Gasteiger partial charge in [0.2, 0.25) is 11.8 Å². The summed E-state index contributed by atoms with van der Waals surface area (Å²) in [5.74, 6) is -2.59. The number of rotatable bonds is 9. The van der Waals surface area contributed by atoms with Crippen molar-refractivity contribution in [2.24, 2.45) is 4.99 Å². The molecule has 4 rings (SSSR count). The summed E-state index contributed by atoms with van der Waals surface area (Å²) >= 11 is 0. The Balaban J connectivity index is 1.74. The fraction of sp³-hybridized carbons (Fsp3) is 0.241. The molecule has 9 heteroatoms. The van der Waals surface area contributed by atoms with Crippen molar-refractivity contribution in [3.63, 3.8) is 0 Å². The molecule has 196 valence electrons. The Morgan fingerprint density at radius 2 is 1.68 bits per heavy atom. The molecule has 1 heterocycles. The number of benzene rings is 3. The minimum absolute atomic E-state index is 0.0725. The second-order valence-electron chi connectivity index (χ2n) is 9.41. The number of carboxylic acids is 1. The fourth-order valence-electron chi connectivity index (χ4n) is 4.38. The Labute approximate surface area is 220 Å². The highest BCUT2D eigenvalue weighted by atomic mass is 19.1. The molecule has 0 aliphatic carbocycles. The number of hydrogen-bond acceptors (Lipinski definition) is 5. The van der Waals surface area contributed by atoms with E-state index in [-0.39, 0.29) is 18.2 Å². The van der Waals surface area contributed by atoms with Crippen molar-refractivity contribution in [2.45, 2.75) is 19.3 Å². The number of halogens is 1. The van der Waals surface area contributed by atoms with Gasteiger partial charge in [-0.2, -0.15) is 0 Å². The zero-order valence-corrected chi connectivity index (χ0v) is 21.4. The summed E-state index contributed by atoms with van der Waals surface area (Å²) in [6, 6.07) is 18.2. The molecule has 1 unspecified atom stereocenters. The lowest BCUT2D eigenvalue weighted by atomic mass is 9.90. The summed E-state index contributed by atoms with van der Waals surface area (Å²) in [6.07, 6.45) is -0.124. The number of nitrogens with one attached hydrogen (secondary N) is 1. The largest absolute Gasteiger partial charge is 0.481 e. The molecular formula is C29H29FN4O4. The van der Waals surface area contributed by atoms with Crippen LogP contribution in [0.3, 0.4) is 0 Å². The van der Waals surface area contributed by atoms with Crippen LogP contribution in [0.1, 0.15) is 29.5 Å². The number of carbonyl (C=O) groups is 3. The number of nitrogens with zero attached hydrogens (tertiary/aromatic N) is 3. The Bertz CT molecular complexity index is 1380. The van der Waals surface area contributed by atoms with E-state index in [0.29, 0.717) is 46.9 Å². The van der Waals surface area contributed by atoms with Crippen LogP contribution >= 0.6 is 0 Å². The number of amides is 2. The van der Waals surface area contributed by atoms with Gasteiger partial charge in [0.05, 0.1) is 17.8 Å². The van der Waals surface area contributed by atoms with Crippen LogP contribution in [0, 0.1) is 5.82 Å². The Morgan fingerprint density at radius 3 is 2.29 bits per heavy atom. The monoisotopic (exact) mass is 516 g/mol. The molecular weight excluding hydrogens is 487 g/mol. The third-order valence-corrected chi connectivity index (χ3v) is 6.29. The lowest BCUT2D eigenvalue weighted by Gasteiger charge is -2.23. The van der Waals surface area contributed by atoms with Crippen molar-refractivity contribution >= 4 is 40.6 Å². The van der Waals surface area contributed by atoms with Gasteiger partial charge in [-0.1, -0.05) is 30.3 Å². The van der Waals surface area contributed by atoms with E-state index in [4.69, 9.17) is 10.1 Å². The number of carboxylic acid groups (broad SMARTS) is 1. The molecule has 0 radical (unpaired) electrons. The van der Waals surface area contributed by atoms with Crippen LogP contribution in [-0.2, 0) is 20.8 Å². The quantitative estimate of drug-likeness (QED) is 0.415. The molecule has 2 N–H and O–H groups in total. The SMILES string of the molecule is CC(=O)N(CCN(C)C)c1ccc(N=C(c2ccc(CC(=O)O)cc2)C2C(=O)Nc3cc(F)ccc32)cc1. The Hall–Kier alpha value is -4.37. The zero-order valence-electron chi connectivity index (χ0n) is 21.4. The van der Waals surface area contributed by atoms with E-state index in [1.54, 1.807) is 47.4 Å². The van der Waals surface area contributed by atoms with Gasteiger partial charge in [-0.05, 0) is 67.2 Å². The highest BCUT2D eigenvalue weighted by Gasteiger charge is 2.35. The van der Waals surface area contributed by atoms with Gasteiger partial charge in [-0.25, -0.2) is 4.39 Å². The van der Waals surface area contributed by atoms with Gasteiger partial charge in [0, 0.05) is 31.4 Å². The lowest BCUT2D eigenvalue weighted by molar-refractivity contribution is -0.136. The van der Waals surface area contributed by atoms with E-state index in [1.807, 2.05) is 31.1 Å². The average Bonchev–Trinajstić information content (AvgIpc) is 3.17. The van der Waals surface area contributed by atoms with Crippen molar-refractivity contribution < 1.29 is 23.9 Å². The van der Waals surface area contributed by atoms with Gasteiger partial charge in [0.25, 0.3) is 0 Å². The third kappa shape index (κ3) is 6.12. The van der Waals surface area contributed by atoms with E-state index in [1.165, 1.54) is 19.1 Å². The molecule has 1 aliphatic rings.